The van der Waals surface area contributed by atoms with Gasteiger partial charge in [0.1, 0.15) is 0 Å². The molecule has 0 aliphatic carbocycles. The number of amides is 1. The number of nitrogens with one attached hydrogen (secondary N) is 1. The van der Waals surface area contributed by atoms with Crippen LogP contribution in [0.2, 0.25) is 0 Å². The molecule has 3 N–H and O–H groups in total. The first kappa shape index (κ1) is 12.8. The largest absolute Gasteiger partial charge is 0.399 e. The lowest BCUT2D eigenvalue weighted by molar-refractivity contribution is 0.101. The summed E-state index contributed by atoms with van der Waals surface area (Å²) in [4.78, 5) is 23.5. The number of carbonyl (C=O) groups excluding carboxylic acids is 2. The Bertz CT molecular complexity index is 618. The molecule has 96 valence electrons. The van der Waals surface area contributed by atoms with Gasteiger partial charge in [-0.3, -0.25) is 9.59 Å². The van der Waals surface area contributed by atoms with E-state index in [0.29, 0.717) is 22.5 Å². The van der Waals surface area contributed by atoms with Gasteiger partial charge in [0.2, 0.25) is 0 Å². The molecule has 2 aromatic rings. The van der Waals surface area contributed by atoms with Crippen LogP contribution in [0.15, 0.2) is 48.5 Å². The Labute approximate surface area is 111 Å². The van der Waals surface area contributed by atoms with Gasteiger partial charge in [0.15, 0.2) is 5.78 Å². The van der Waals surface area contributed by atoms with Gasteiger partial charge in [-0.25, -0.2) is 0 Å². The molecule has 19 heavy (non-hydrogen) atoms. The molecule has 0 aliphatic heterocycles. The summed E-state index contributed by atoms with van der Waals surface area (Å²) in [7, 11) is 0. The van der Waals surface area contributed by atoms with E-state index in [1.807, 2.05) is 0 Å². The second-order valence-corrected chi connectivity index (χ2v) is 4.18. The van der Waals surface area contributed by atoms with Crippen LogP contribution in [0.5, 0.6) is 0 Å². The fraction of sp³-hybridized carbons (Fsp3) is 0.0667. The van der Waals surface area contributed by atoms with Crippen LogP contribution in [0, 0.1) is 0 Å². The first-order chi connectivity index (χ1) is 9.08. The fourth-order valence-corrected chi connectivity index (χ4v) is 1.73. The van der Waals surface area contributed by atoms with E-state index in [1.54, 1.807) is 48.5 Å². The average molecular weight is 254 g/mol. The second-order valence-electron chi connectivity index (χ2n) is 4.18. The highest BCUT2D eigenvalue weighted by Crippen LogP contribution is 2.17. The number of Topliss-reactive ketones (excluding diaryl/α,β-unsaturated/α-hetero) is 1. The first-order valence-electron chi connectivity index (χ1n) is 5.85. The van der Waals surface area contributed by atoms with Crippen LogP contribution in [0.3, 0.4) is 0 Å². The van der Waals surface area contributed by atoms with Gasteiger partial charge < -0.3 is 11.1 Å². The molecule has 4 heteroatoms. The van der Waals surface area contributed by atoms with Crippen LogP contribution in [0.4, 0.5) is 11.4 Å². The molecule has 0 saturated heterocycles. The molecule has 0 bridgehead atoms. The minimum atomic E-state index is -0.270. The molecule has 0 heterocycles. The number of nitrogens with two attached hydrogens (primary N) is 1. The zero-order chi connectivity index (χ0) is 13.8. The minimum Gasteiger partial charge on any atom is -0.399 e. The van der Waals surface area contributed by atoms with E-state index < -0.39 is 0 Å². The van der Waals surface area contributed by atoms with Crippen LogP contribution in [-0.2, 0) is 0 Å². The van der Waals surface area contributed by atoms with Crippen molar-refractivity contribution in [3.8, 4) is 0 Å². The Kier molecular flexibility index (Phi) is 3.61. The molecule has 0 spiro atoms. The fourth-order valence-electron chi connectivity index (χ4n) is 1.73. The Morgan fingerprint density at radius 1 is 1.00 bits per heavy atom. The van der Waals surface area contributed by atoms with Gasteiger partial charge in [-0.1, -0.05) is 12.1 Å². The topological polar surface area (TPSA) is 72.2 Å². The van der Waals surface area contributed by atoms with Crippen molar-refractivity contribution in [3.05, 3.63) is 59.7 Å². The number of para-hydroxylation sites is 1. The molecule has 2 rings (SSSR count). The van der Waals surface area contributed by atoms with E-state index in [4.69, 9.17) is 5.73 Å². The lowest BCUT2D eigenvalue weighted by Gasteiger charge is -2.09. The van der Waals surface area contributed by atoms with E-state index in [2.05, 4.69) is 5.32 Å². The third-order valence-electron chi connectivity index (χ3n) is 2.73. The van der Waals surface area contributed by atoms with E-state index in [0.717, 1.165) is 0 Å². The zero-order valence-electron chi connectivity index (χ0n) is 10.5. The van der Waals surface area contributed by atoms with Gasteiger partial charge in [-0.2, -0.15) is 0 Å². The average Bonchev–Trinajstić information content (AvgIpc) is 2.39. The van der Waals surface area contributed by atoms with Crippen molar-refractivity contribution in [2.45, 2.75) is 6.92 Å². The highest BCUT2D eigenvalue weighted by atomic mass is 16.1. The summed E-state index contributed by atoms with van der Waals surface area (Å²) in [6, 6.07) is 13.5. The summed E-state index contributed by atoms with van der Waals surface area (Å²) in [6.07, 6.45) is 0. The monoisotopic (exact) mass is 254 g/mol. The van der Waals surface area contributed by atoms with Gasteiger partial charge in [-0.15, -0.1) is 0 Å². The molecule has 0 aromatic heterocycles. The smallest absolute Gasteiger partial charge is 0.255 e. The number of nitrogen functional groups attached to an aromatic ring is 1. The summed E-state index contributed by atoms with van der Waals surface area (Å²) in [5, 5.41) is 2.73. The molecule has 1 amide bonds. The van der Waals surface area contributed by atoms with Gasteiger partial charge >= 0.3 is 0 Å². The van der Waals surface area contributed by atoms with Crippen molar-refractivity contribution >= 4 is 23.1 Å². The van der Waals surface area contributed by atoms with Crippen LogP contribution in [-0.4, -0.2) is 11.7 Å². The molecule has 0 aliphatic rings. The Hall–Kier alpha value is -2.62. The summed E-state index contributed by atoms with van der Waals surface area (Å²) in [6.45, 7) is 1.47. The summed E-state index contributed by atoms with van der Waals surface area (Å²) >= 11 is 0. The van der Waals surface area contributed by atoms with Crippen LogP contribution in [0.1, 0.15) is 27.6 Å². The second kappa shape index (κ2) is 5.35. The number of hydrogen-bond acceptors (Lipinski definition) is 3. The molecule has 0 radical (unpaired) electrons. The lowest BCUT2D eigenvalue weighted by atomic mass is 10.1. The zero-order valence-corrected chi connectivity index (χ0v) is 10.5. The number of rotatable bonds is 3. The Morgan fingerprint density at radius 3 is 2.26 bits per heavy atom. The molecule has 0 atom stereocenters. The van der Waals surface area contributed by atoms with E-state index in [1.165, 1.54) is 6.92 Å². The third-order valence-corrected chi connectivity index (χ3v) is 2.73. The summed E-state index contributed by atoms with van der Waals surface area (Å²) in [5.41, 5.74) is 7.66. The minimum absolute atomic E-state index is 0.0896. The van der Waals surface area contributed by atoms with Crippen molar-refractivity contribution in [2.24, 2.45) is 0 Å². The van der Waals surface area contributed by atoms with E-state index >= 15 is 0 Å². The first-order valence-corrected chi connectivity index (χ1v) is 5.85. The number of benzene rings is 2. The maximum Gasteiger partial charge on any atom is 0.255 e. The number of ketones is 1. The number of anilines is 2. The summed E-state index contributed by atoms with van der Waals surface area (Å²) in [5.74, 6) is -0.359. The predicted octanol–water partition coefficient (Wildman–Crippen LogP) is 2.72. The Balaban J connectivity index is 2.24. The van der Waals surface area contributed by atoms with Crippen molar-refractivity contribution in [2.75, 3.05) is 11.1 Å². The van der Waals surface area contributed by atoms with Crippen molar-refractivity contribution in [3.63, 3.8) is 0 Å². The van der Waals surface area contributed by atoms with Gasteiger partial charge in [-0.05, 0) is 43.3 Å². The predicted molar refractivity (Wildman–Crippen MR) is 75.3 cm³/mol. The van der Waals surface area contributed by atoms with E-state index in [-0.39, 0.29) is 11.7 Å². The van der Waals surface area contributed by atoms with Gasteiger partial charge in [0.05, 0.1) is 5.69 Å². The van der Waals surface area contributed by atoms with Gasteiger partial charge in [0.25, 0.3) is 5.91 Å². The molecule has 0 saturated carbocycles. The quantitative estimate of drug-likeness (QED) is 0.653. The lowest BCUT2D eigenvalue weighted by Crippen LogP contribution is -2.14. The molecule has 4 nitrogen and oxygen atoms in total. The molecule has 0 fully saturated rings. The molecular formula is C15H14N2O2. The Morgan fingerprint density at radius 2 is 1.63 bits per heavy atom. The van der Waals surface area contributed by atoms with Crippen molar-refractivity contribution in [1.29, 1.82) is 0 Å². The normalized spacial score (nSPS) is 9.95. The standard InChI is InChI=1S/C15H14N2O2/c1-10(18)13-4-2-3-5-14(13)17-15(19)11-6-8-12(16)9-7-11/h2-9H,16H2,1H3,(H,17,19). The number of hydrogen-bond donors (Lipinski definition) is 2. The maximum atomic E-state index is 12.0. The maximum absolute atomic E-state index is 12.0. The molecule has 2 aromatic carbocycles. The van der Waals surface area contributed by atoms with Crippen molar-refractivity contribution < 1.29 is 9.59 Å². The highest BCUT2D eigenvalue weighted by molar-refractivity contribution is 6.09. The number of carbonyl (C=O) groups is 2. The molecular weight excluding hydrogens is 240 g/mol. The molecule has 0 unspecified atom stereocenters. The highest BCUT2D eigenvalue weighted by Gasteiger charge is 2.10. The third kappa shape index (κ3) is 2.98. The van der Waals surface area contributed by atoms with Crippen LogP contribution < -0.4 is 11.1 Å². The van der Waals surface area contributed by atoms with Crippen molar-refractivity contribution in [1.82, 2.24) is 0 Å². The van der Waals surface area contributed by atoms with Crippen LogP contribution in [0.25, 0.3) is 0 Å². The van der Waals surface area contributed by atoms with E-state index in [9.17, 15) is 9.59 Å². The summed E-state index contributed by atoms with van der Waals surface area (Å²) < 4.78 is 0. The van der Waals surface area contributed by atoms with Crippen LogP contribution >= 0.6 is 0 Å². The SMILES string of the molecule is CC(=O)c1ccccc1NC(=O)c1ccc(N)cc1. The van der Waals surface area contributed by atoms with Gasteiger partial charge in [0, 0.05) is 16.8 Å².